The molecule has 0 fully saturated rings. The Kier molecular flexibility index (Phi) is 9.03. The molecule has 11 heteroatoms. The highest BCUT2D eigenvalue weighted by Crippen LogP contribution is 2.32. The van der Waals surface area contributed by atoms with Gasteiger partial charge in [-0.05, 0) is 62.2 Å². The summed E-state index contributed by atoms with van der Waals surface area (Å²) in [6.07, 6.45) is 1.73. The van der Waals surface area contributed by atoms with Crippen molar-refractivity contribution in [2.45, 2.75) is 26.8 Å². The van der Waals surface area contributed by atoms with Crippen molar-refractivity contribution in [3.05, 3.63) is 89.0 Å². The van der Waals surface area contributed by atoms with E-state index in [2.05, 4.69) is 20.9 Å². The third-order valence-corrected chi connectivity index (χ3v) is 7.29. The third-order valence-electron chi connectivity index (χ3n) is 5.82. The van der Waals surface area contributed by atoms with Crippen LogP contribution >= 0.6 is 27.3 Å². The largest absolute Gasteiger partial charge is 0.493 e. The van der Waals surface area contributed by atoms with Crippen LogP contribution in [0.15, 0.2) is 68.0 Å². The number of esters is 2. The van der Waals surface area contributed by atoms with E-state index >= 15 is 0 Å². The van der Waals surface area contributed by atoms with Crippen molar-refractivity contribution in [2.75, 3.05) is 26.9 Å². The van der Waals surface area contributed by atoms with E-state index in [4.69, 9.17) is 18.9 Å². The Morgan fingerprint density at radius 3 is 2.56 bits per heavy atom. The summed E-state index contributed by atoms with van der Waals surface area (Å²) < 4.78 is 24.0. The summed E-state index contributed by atoms with van der Waals surface area (Å²) in [4.78, 5) is 43.5. The van der Waals surface area contributed by atoms with E-state index in [1.165, 1.54) is 23.0 Å². The number of carbonyl (C=O) groups is 2. The van der Waals surface area contributed by atoms with Crippen LogP contribution in [0, 0.1) is 0 Å². The van der Waals surface area contributed by atoms with Gasteiger partial charge >= 0.3 is 11.9 Å². The zero-order chi connectivity index (χ0) is 28.1. The molecule has 9 nitrogen and oxygen atoms in total. The van der Waals surface area contributed by atoms with E-state index in [1.807, 2.05) is 24.3 Å². The number of allylic oxidation sites excluding steroid dienone is 1. The molecule has 3 aromatic rings. The molecule has 0 N–H and O–H groups in total. The van der Waals surface area contributed by atoms with Crippen molar-refractivity contribution in [1.82, 2.24) is 4.57 Å². The molecule has 0 radical (unpaired) electrons. The van der Waals surface area contributed by atoms with E-state index in [0.29, 0.717) is 37.7 Å². The van der Waals surface area contributed by atoms with Gasteiger partial charge in [0.25, 0.3) is 5.56 Å². The molecule has 4 rings (SSSR count). The van der Waals surface area contributed by atoms with Crippen molar-refractivity contribution in [2.24, 2.45) is 4.99 Å². The van der Waals surface area contributed by atoms with Gasteiger partial charge in [0.1, 0.15) is 0 Å². The molecule has 1 atom stereocenters. The van der Waals surface area contributed by atoms with Gasteiger partial charge in [0.15, 0.2) is 22.9 Å². The SMILES string of the molecule is CCOC(=O)COc1ccc(/C=c2\sc3n(c2=O)[C@H](c2cccc(Br)c2)C(C(=O)OCC)=C(C)N=3)cc1OC. The Morgan fingerprint density at radius 1 is 1.10 bits per heavy atom. The van der Waals surface area contributed by atoms with Gasteiger partial charge in [-0.1, -0.05) is 45.5 Å². The fraction of sp³-hybridized carbons (Fsp3) is 0.286. The summed E-state index contributed by atoms with van der Waals surface area (Å²) in [5.41, 5.74) is 1.95. The second kappa shape index (κ2) is 12.4. The number of thiazole rings is 1. The lowest BCUT2D eigenvalue weighted by Crippen LogP contribution is -2.39. The van der Waals surface area contributed by atoms with Crippen LogP contribution in [0.1, 0.15) is 37.9 Å². The van der Waals surface area contributed by atoms with E-state index < -0.39 is 18.0 Å². The molecule has 0 spiro atoms. The number of carbonyl (C=O) groups excluding carboxylic acids is 2. The summed E-state index contributed by atoms with van der Waals surface area (Å²) in [5.74, 6) is -0.231. The quantitative estimate of drug-likeness (QED) is 0.340. The summed E-state index contributed by atoms with van der Waals surface area (Å²) in [5, 5.41) is 0. The first-order chi connectivity index (χ1) is 18.8. The molecule has 39 heavy (non-hydrogen) atoms. The Hall–Kier alpha value is -3.70. The highest BCUT2D eigenvalue weighted by molar-refractivity contribution is 9.10. The first kappa shape index (κ1) is 28.3. The Morgan fingerprint density at radius 2 is 1.87 bits per heavy atom. The first-order valence-corrected chi connectivity index (χ1v) is 13.8. The number of aromatic nitrogens is 1. The van der Waals surface area contributed by atoms with Crippen molar-refractivity contribution < 1.29 is 28.5 Å². The molecule has 0 unspecified atom stereocenters. The minimum Gasteiger partial charge on any atom is -0.493 e. The van der Waals surface area contributed by atoms with Crippen molar-refractivity contribution in [1.29, 1.82) is 0 Å². The van der Waals surface area contributed by atoms with Crippen LogP contribution in [0.5, 0.6) is 11.5 Å². The van der Waals surface area contributed by atoms with Crippen LogP contribution in [-0.2, 0) is 19.1 Å². The smallest absolute Gasteiger partial charge is 0.344 e. The van der Waals surface area contributed by atoms with Crippen LogP contribution in [0.3, 0.4) is 0 Å². The fourth-order valence-corrected chi connectivity index (χ4v) is 5.63. The Balaban J connectivity index is 1.79. The van der Waals surface area contributed by atoms with Crippen LogP contribution in [0.25, 0.3) is 6.08 Å². The molecule has 0 amide bonds. The van der Waals surface area contributed by atoms with Crippen molar-refractivity contribution >= 4 is 45.3 Å². The molecule has 0 saturated carbocycles. The Labute approximate surface area is 237 Å². The fourth-order valence-electron chi connectivity index (χ4n) is 4.17. The van der Waals surface area contributed by atoms with Gasteiger partial charge < -0.3 is 18.9 Å². The number of fused-ring (bicyclic) bond motifs is 1. The standard InChI is InChI=1S/C28H27BrN2O7S/c1-5-36-23(32)15-38-20-11-10-17(12-21(20)35-4)13-22-26(33)31-25(18-8-7-9-19(29)14-18)24(27(34)37-6-2)16(3)30-28(31)39-22/h7-14,25H,5-6,15H2,1-4H3/b22-13-/t25-/m1/s1. The van der Waals surface area contributed by atoms with Crippen LogP contribution in [0.2, 0.25) is 0 Å². The van der Waals surface area contributed by atoms with Crippen LogP contribution in [0.4, 0.5) is 0 Å². The summed E-state index contributed by atoms with van der Waals surface area (Å²) in [6, 6.07) is 11.9. The lowest BCUT2D eigenvalue weighted by molar-refractivity contribution is -0.145. The number of hydrogen-bond donors (Lipinski definition) is 0. The van der Waals surface area contributed by atoms with Gasteiger partial charge in [-0.2, -0.15) is 0 Å². The molecule has 204 valence electrons. The number of halogens is 1. The predicted molar refractivity (Wildman–Crippen MR) is 150 cm³/mol. The molecular formula is C28H27BrN2O7S. The normalized spacial score (nSPS) is 14.9. The maximum Gasteiger partial charge on any atom is 0.344 e. The molecule has 2 heterocycles. The molecule has 2 aromatic carbocycles. The lowest BCUT2D eigenvalue weighted by Gasteiger charge is -2.24. The second-order valence-electron chi connectivity index (χ2n) is 8.36. The number of nitrogens with zero attached hydrogens (tertiary/aromatic N) is 2. The zero-order valence-corrected chi connectivity index (χ0v) is 24.3. The van der Waals surface area contributed by atoms with Gasteiger partial charge in [0, 0.05) is 4.47 Å². The van der Waals surface area contributed by atoms with Crippen LogP contribution < -0.4 is 24.4 Å². The van der Waals surface area contributed by atoms with E-state index in [1.54, 1.807) is 45.0 Å². The Bertz CT molecular complexity index is 1620. The molecule has 0 bridgehead atoms. The first-order valence-electron chi connectivity index (χ1n) is 12.2. The molecule has 1 aromatic heterocycles. The third kappa shape index (κ3) is 6.15. The van der Waals surface area contributed by atoms with Gasteiger partial charge in [-0.3, -0.25) is 9.36 Å². The average molecular weight is 616 g/mol. The number of ether oxygens (including phenoxy) is 4. The predicted octanol–water partition coefficient (Wildman–Crippen LogP) is 3.51. The number of methoxy groups -OCH3 is 1. The molecule has 0 saturated heterocycles. The van der Waals surface area contributed by atoms with Gasteiger partial charge in [0.2, 0.25) is 0 Å². The van der Waals surface area contributed by atoms with Crippen LogP contribution in [-0.4, -0.2) is 43.4 Å². The monoisotopic (exact) mass is 614 g/mol. The maximum absolute atomic E-state index is 13.8. The molecule has 1 aliphatic heterocycles. The maximum atomic E-state index is 13.8. The molecular weight excluding hydrogens is 588 g/mol. The minimum absolute atomic E-state index is 0.201. The number of hydrogen-bond acceptors (Lipinski definition) is 9. The van der Waals surface area contributed by atoms with E-state index in [-0.39, 0.29) is 25.4 Å². The summed E-state index contributed by atoms with van der Waals surface area (Å²) in [6.45, 7) is 5.41. The van der Waals surface area contributed by atoms with Crippen molar-refractivity contribution in [3.8, 4) is 11.5 Å². The summed E-state index contributed by atoms with van der Waals surface area (Å²) in [7, 11) is 1.49. The molecule has 0 aliphatic carbocycles. The van der Waals surface area contributed by atoms with E-state index in [9.17, 15) is 14.4 Å². The minimum atomic E-state index is -0.701. The molecule has 1 aliphatic rings. The van der Waals surface area contributed by atoms with Gasteiger partial charge in [-0.15, -0.1) is 0 Å². The van der Waals surface area contributed by atoms with Gasteiger partial charge in [-0.25, -0.2) is 14.6 Å². The second-order valence-corrected chi connectivity index (χ2v) is 10.3. The average Bonchev–Trinajstić information content (AvgIpc) is 3.21. The number of benzene rings is 2. The topological polar surface area (TPSA) is 105 Å². The van der Waals surface area contributed by atoms with Crippen molar-refractivity contribution in [3.63, 3.8) is 0 Å². The number of rotatable bonds is 9. The summed E-state index contributed by atoms with van der Waals surface area (Å²) >= 11 is 4.72. The van der Waals surface area contributed by atoms with E-state index in [0.717, 1.165) is 10.0 Å². The zero-order valence-electron chi connectivity index (χ0n) is 21.9. The highest BCUT2D eigenvalue weighted by atomic mass is 79.9. The lowest BCUT2D eigenvalue weighted by atomic mass is 9.96. The highest BCUT2D eigenvalue weighted by Gasteiger charge is 2.33. The van der Waals surface area contributed by atoms with Gasteiger partial charge in [0.05, 0.1) is 42.2 Å².